The molecule has 4 heteroatoms. The first-order valence-corrected chi connectivity index (χ1v) is 7.19. The second-order valence-electron chi connectivity index (χ2n) is 5.23. The fraction of sp³-hybridized carbons (Fsp3) is 0.600. The van der Waals surface area contributed by atoms with E-state index in [9.17, 15) is 4.79 Å². The zero-order valence-electron chi connectivity index (χ0n) is 11.9. The van der Waals surface area contributed by atoms with Crippen molar-refractivity contribution in [1.82, 2.24) is 9.88 Å². The molecule has 1 unspecified atom stereocenters. The Hall–Kier alpha value is -1.58. The fourth-order valence-corrected chi connectivity index (χ4v) is 2.42. The van der Waals surface area contributed by atoms with Crippen LogP contribution in [0.25, 0.3) is 0 Å². The zero-order valence-corrected chi connectivity index (χ0v) is 11.9. The summed E-state index contributed by atoms with van der Waals surface area (Å²) < 4.78 is 0. The third-order valence-electron chi connectivity index (χ3n) is 3.63. The van der Waals surface area contributed by atoms with Crippen molar-refractivity contribution in [2.45, 2.75) is 39.7 Å². The standard InChI is InChI=1S/C15H23N3O/c1-3-6-16-14-8-13(5-7-17-14)11-18-10-12(4-2)9-15(18)19/h5,7-8,12H,3-4,6,9-11H2,1-2H3,(H,16,17). The molecule has 1 aromatic rings. The molecular formula is C15H23N3O. The lowest BCUT2D eigenvalue weighted by atomic mass is 10.1. The normalized spacial score (nSPS) is 18.9. The van der Waals surface area contributed by atoms with E-state index in [0.29, 0.717) is 18.9 Å². The second kappa shape index (κ2) is 6.55. The minimum atomic E-state index is 0.284. The maximum Gasteiger partial charge on any atom is 0.223 e. The molecule has 2 rings (SSSR count). The maximum atomic E-state index is 11.9. The smallest absolute Gasteiger partial charge is 0.223 e. The van der Waals surface area contributed by atoms with Crippen molar-refractivity contribution in [2.75, 3.05) is 18.4 Å². The molecule has 4 nitrogen and oxygen atoms in total. The number of nitrogens with zero attached hydrogens (tertiary/aromatic N) is 2. The van der Waals surface area contributed by atoms with E-state index in [4.69, 9.17) is 0 Å². The number of carbonyl (C=O) groups is 1. The average Bonchev–Trinajstić information content (AvgIpc) is 2.77. The van der Waals surface area contributed by atoms with Crippen LogP contribution in [0, 0.1) is 5.92 Å². The molecule has 0 radical (unpaired) electrons. The van der Waals surface area contributed by atoms with Crippen molar-refractivity contribution in [3.05, 3.63) is 23.9 Å². The molecule has 0 spiro atoms. The van der Waals surface area contributed by atoms with E-state index >= 15 is 0 Å². The number of aromatic nitrogens is 1. The van der Waals surface area contributed by atoms with Crippen molar-refractivity contribution in [3.63, 3.8) is 0 Å². The van der Waals surface area contributed by atoms with Crippen molar-refractivity contribution >= 4 is 11.7 Å². The van der Waals surface area contributed by atoms with Gasteiger partial charge in [0.15, 0.2) is 0 Å². The van der Waals surface area contributed by atoms with Crippen LogP contribution in [0.2, 0.25) is 0 Å². The van der Waals surface area contributed by atoms with Gasteiger partial charge < -0.3 is 10.2 Å². The van der Waals surface area contributed by atoms with Gasteiger partial charge in [0, 0.05) is 32.3 Å². The molecule has 19 heavy (non-hydrogen) atoms. The Morgan fingerprint density at radius 2 is 2.32 bits per heavy atom. The number of hydrogen-bond donors (Lipinski definition) is 1. The summed E-state index contributed by atoms with van der Waals surface area (Å²) in [4.78, 5) is 18.2. The van der Waals surface area contributed by atoms with Crippen LogP contribution in [-0.2, 0) is 11.3 Å². The molecule has 0 saturated carbocycles. The molecule has 1 N–H and O–H groups in total. The molecule has 1 aromatic heterocycles. The van der Waals surface area contributed by atoms with E-state index in [2.05, 4.69) is 24.1 Å². The predicted octanol–water partition coefficient (Wildman–Crippen LogP) is 2.66. The Labute approximate surface area is 115 Å². The molecule has 1 amide bonds. The van der Waals surface area contributed by atoms with E-state index in [1.807, 2.05) is 23.2 Å². The number of hydrogen-bond acceptors (Lipinski definition) is 3. The van der Waals surface area contributed by atoms with Gasteiger partial charge in [-0.05, 0) is 30.0 Å². The molecule has 104 valence electrons. The van der Waals surface area contributed by atoms with Gasteiger partial charge in [-0.2, -0.15) is 0 Å². The Morgan fingerprint density at radius 1 is 1.47 bits per heavy atom. The summed E-state index contributed by atoms with van der Waals surface area (Å²) in [5, 5.41) is 3.28. The summed E-state index contributed by atoms with van der Waals surface area (Å²) >= 11 is 0. The van der Waals surface area contributed by atoms with Gasteiger partial charge in [0.1, 0.15) is 5.82 Å². The van der Waals surface area contributed by atoms with Gasteiger partial charge in [0.05, 0.1) is 0 Å². The molecule has 1 fully saturated rings. The Bertz CT molecular complexity index is 433. The van der Waals surface area contributed by atoms with Crippen LogP contribution in [0.15, 0.2) is 18.3 Å². The molecule has 0 bridgehead atoms. The first-order chi connectivity index (χ1) is 9.22. The van der Waals surface area contributed by atoms with Gasteiger partial charge in [-0.3, -0.25) is 4.79 Å². The summed E-state index contributed by atoms with van der Waals surface area (Å²) in [6, 6.07) is 4.03. The average molecular weight is 261 g/mol. The van der Waals surface area contributed by atoms with Crippen LogP contribution in [0.3, 0.4) is 0 Å². The number of likely N-dealkylation sites (tertiary alicyclic amines) is 1. The quantitative estimate of drug-likeness (QED) is 0.856. The molecule has 2 heterocycles. The van der Waals surface area contributed by atoms with Gasteiger partial charge in [0.25, 0.3) is 0 Å². The topological polar surface area (TPSA) is 45.2 Å². The van der Waals surface area contributed by atoms with E-state index < -0.39 is 0 Å². The van der Waals surface area contributed by atoms with Crippen molar-refractivity contribution in [3.8, 4) is 0 Å². The minimum absolute atomic E-state index is 0.284. The Kier molecular flexibility index (Phi) is 4.77. The summed E-state index contributed by atoms with van der Waals surface area (Å²) in [7, 11) is 0. The van der Waals surface area contributed by atoms with Crippen LogP contribution in [0.1, 0.15) is 38.7 Å². The molecular weight excluding hydrogens is 238 g/mol. The highest BCUT2D eigenvalue weighted by Gasteiger charge is 2.28. The van der Waals surface area contributed by atoms with Gasteiger partial charge in [-0.25, -0.2) is 4.98 Å². The maximum absolute atomic E-state index is 11.9. The lowest BCUT2D eigenvalue weighted by Crippen LogP contribution is -2.24. The fourth-order valence-electron chi connectivity index (χ4n) is 2.42. The first-order valence-electron chi connectivity index (χ1n) is 7.19. The third-order valence-corrected chi connectivity index (χ3v) is 3.63. The second-order valence-corrected chi connectivity index (χ2v) is 5.23. The number of nitrogens with one attached hydrogen (secondary N) is 1. The third kappa shape index (κ3) is 3.69. The van der Waals surface area contributed by atoms with E-state index in [-0.39, 0.29) is 5.91 Å². The molecule has 1 aliphatic rings. The first kappa shape index (κ1) is 13.8. The number of amides is 1. The van der Waals surface area contributed by atoms with Gasteiger partial charge >= 0.3 is 0 Å². The van der Waals surface area contributed by atoms with E-state index in [1.165, 1.54) is 0 Å². The number of rotatable bonds is 6. The van der Waals surface area contributed by atoms with Crippen LogP contribution in [0.4, 0.5) is 5.82 Å². The Balaban J connectivity index is 1.97. The lowest BCUT2D eigenvalue weighted by Gasteiger charge is -2.17. The number of carbonyl (C=O) groups excluding carboxylic acids is 1. The van der Waals surface area contributed by atoms with E-state index in [0.717, 1.165) is 37.3 Å². The van der Waals surface area contributed by atoms with Crippen molar-refractivity contribution < 1.29 is 4.79 Å². The monoisotopic (exact) mass is 261 g/mol. The van der Waals surface area contributed by atoms with Gasteiger partial charge in [-0.15, -0.1) is 0 Å². The number of anilines is 1. The molecule has 0 aromatic carbocycles. The summed E-state index contributed by atoms with van der Waals surface area (Å²) in [5.74, 6) is 1.72. The van der Waals surface area contributed by atoms with Crippen LogP contribution in [-0.4, -0.2) is 28.9 Å². The zero-order chi connectivity index (χ0) is 13.7. The largest absolute Gasteiger partial charge is 0.370 e. The molecule has 0 aliphatic carbocycles. The highest BCUT2D eigenvalue weighted by Crippen LogP contribution is 2.22. The van der Waals surface area contributed by atoms with E-state index in [1.54, 1.807) is 0 Å². The minimum Gasteiger partial charge on any atom is -0.370 e. The summed E-state index contributed by atoms with van der Waals surface area (Å²) in [6.45, 7) is 6.82. The SMILES string of the molecule is CCCNc1cc(CN2CC(CC)CC2=O)ccn1. The van der Waals surface area contributed by atoms with Crippen LogP contribution >= 0.6 is 0 Å². The van der Waals surface area contributed by atoms with Gasteiger partial charge in [0.2, 0.25) is 5.91 Å². The highest BCUT2D eigenvalue weighted by atomic mass is 16.2. The lowest BCUT2D eigenvalue weighted by molar-refractivity contribution is -0.128. The van der Waals surface area contributed by atoms with Crippen molar-refractivity contribution in [1.29, 1.82) is 0 Å². The van der Waals surface area contributed by atoms with Crippen LogP contribution in [0.5, 0.6) is 0 Å². The summed E-state index contributed by atoms with van der Waals surface area (Å²) in [5.41, 5.74) is 1.15. The molecule has 1 aliphatic heterocycles. The van der Waals surface area contributed by atoms with Gasteiger partial charge in [-0.1, -0.05) is 20.3 Å². The molecule has 1 atom stereocenters. The molecule has 1 saturated heterocycles. The van der Waals surface area contributed by atoms with Crippen molar-refractivity contribution in [2.24, 2.45) is 5.92 Å². The highest BCUT2D eigenvalue weighted by molar-refractivity contribution is 5.78. The summed E-state index contributed by atoms with van der Waals surface area (Å²) in [6.07, 6.45) is 4.68. The Morgan fingerprint density at radius 3 is 3.00 bits per heavy atom. The number of pyridine rings is 1. The predicted molar refractivity (Wildman–Crippen MR) is 76.8 cm³/mol. The van der Waals surface area contributed by atoms with Crippen LogP contribution < -0.4 is 5.32 Å².